The third-order valence-corrected chi connectivity index (χ3v) is 2.58. The predicted molar refractivity (Wildman–Crippen MR) is 45.3 cm³/mol. The van der Waals surface area contributed by atoms with Crippen LogP contribution in [0.1, 0.15) is 30.4 Å². The molecule has 72 valence electrons. The van der Waals surface area contributed by atoms with Crippen LogP contribution in [-0.2, 0) is 4.79 Å². The van der Waals surface area contributed by atoms with Gasteiger partial charge < -0.3 is 5.11 Å². The van der Waals surface area contributed by atoms with Crippen LogP contribution >= 0.6 is 11.3 Å². The number of hydrogen-bond acceptors (Lipinski definition) is 2. The molecule has 2 nitrogen and oxygen atoms in total. The molecule has 0 radical (unpaired) electrons. The second kappa shape index (κ2) is 3.83. The molecular formula is C8H8F2O2S. The molecule has 0 saturated carbocycles. The lowest BCUT2D eigenvalue weighted by Gasteiger charge is -2.06. The van der Waals surface area contributed by atoms with Gasteiger partial charge in [-0.25, -0.2) is 8.78 Å². The maximum atomic E-state index is 12.3. The van der Waals surface area contributed by atoms with E-state index in [1.54, 1.807) is 0 Å². The van der Waals surface area contributed by atoms with E-state index in [4.69, 9.17) is 5.11 Å². The Morgan fingerprint density at radius 1 is 1.46 bits per heavy atom. The summed E-state index contributed by atoms with van der Waals surface area (Å²) in [5, 5.41) is 11.4. The fourth-order valence-electron chi connectivity index (χ4n) is 0.979. The maximum absolute atomic E-state index is 12.3. The molecule has 0 aliphatic carbocycles. The summed E-state index contributed by atoms with van der Waals surface area (Å²) in [6, 6.07) is 0. The quantitative estimate of drug-likeness (QED) is 0.825. The Hall–Kier alpha value is -0.970. The number of carboxylic acid groups (broad SMARTS) is 1. The summed E-state index contributed by atoms with van der Waals surface area (Å²) in [6.07, 6.45) is -2.59. The number of halogens is 2. The summed E-state index contributed by atoms with van der Waals surface area (Å²) in [4.78, 5) is 10.5. The summed E-state index contributed by atoms with van der Waals surface area (Å²) in [7, 11) is 0. The van der Waals surface area contributed by atoms with Crippen molar-refractivity contribution < 1.29 is 18.7 Å². The number of carbonyl (C=O) groups is 1. The largest absolute Gasteiger partial charge is 0.481 e. The number of alkyl halides is 2. The van der Waals surface area contributed by atoms with Gasteiger partial charge in [0.15, 0.2) is 0 Å². The minimum absolute atomic E-state index is 0.167. The standard InChI is InChI=1S/C8H8F2O2S/c1-4(8(11)12)5-2-13-3-6(5)7(9)10/h2-4,7H,1H3,(H,11,12). The molecule has 0 aliphatic rings. The molecule has 1 aromatic rings. The van der Waals surface area contributed by atoms with E-state index in [2.05, 4.69) is 0 Å². The van der Waals surface area contributed by atoms with Gasteiger partial charge in [-0.15, -0.1) is 0 Å². The van der Waals surface area contributed by atoms with E-state index in [0.29, 0.717) is 0 Å². The highest BCUT2D eigenvalue weighted by molar-refractivity contribution is 7.08. The van der Waals surface area contributed by atoms with Gasteiger partial charge >= 0.3 is 5.97 Å². The van der Waals surface area contributed by atoms with E-state index in [-0.39, 0.29) is 11.1 Å². The lowest BCUT2D eigenvalue weighted by atomic mass is 10.0. The lowest BCUT2D eigenvalue weighted by Crippen LogP contribution is -2.08. The average molecular weight is 206 g/mol. The molecule has 1 aromatic heterocycles. The Kier molecular flexibility index (Phi) is 2.98. The Balaban J connectivity index is 3.00. The van der Waals surface area contributed by atoms with Crippen LogP contribution in [0.25, 0.3) is 0 Å². The maximum Gasteiger partial charge on any atom is 0.310 e. The minimum atomic E-state index is -2.59. The SMILES string of the molecule is CC(C(=O)O)c1cscc1C(F)F. The first-order chi connectivity index (χ1) is 6.04. The second-order valence-corrected chi connectivity index (χ2v) is 3.39. The average Bonchev–Trinajstić information content (AvgIpc) is 2.50. The number of carboxylic acids is 1. The first-order valence-electron chi connectivity index (χ1n) is 3.61. The van der Waals surface area contributed by atoms with E-state index >= 15 is 0 Å². The number of thiophene rings is 1. The van der Waals surface area contributed by atoms with Gasteiger partial charge in [-0.1, -0.05) is 0 Å². The van der Waals surface area contributed by atoms with Crippen LogP contribution in [0.3, 0.4) is 0 Å². The molecule has 1 rings (SSSR count). The van der Waals surface area contributed by atoms with Gasteiger partial charge in [0.05, 0.1) is 5.92 Å². The third-order valence-electron chi connectivity index (χ3n) is 1.80. The predicted octanol–water partition coefficient (Wildman–Crippen LogP) is 2.87. The van der Waals surface area contributed by atoms with Gasteiger partial charge in [0, 0.05) is 5.56 Å². The van der Waals surface area contributed by atoms with Crippen molar-refractivity contribution in [1.82, 2.24) is 0 Å². The van der Waals surface area contributed by atoms with Gasteiger partial charge in [0.25, 0.3) is 6.43 Å². The molecule has 0 aromatic carbocycles. The van der Waals surface area contributed by atoms with E-state index in [1.165, 1.54) is 17.7 Å². The zero-order valence-corrected chi connectivity index (χ0v) is 7.65. The van der Waals surface area contributed by atoms with Crippen LogP contribution in [0.5, 0.6) is 0 Å². The zero-order valence-electron chi connectivity index (χ0n) is 6.83. The van der Waals surface area contributed by atoms with E-state index < -0.39 is 18.3 Å². The van der Waals surface area contributed by atoms with Crippen LogP contribution in [-0.4, -0.2) is 11.1 Å². The van der Waals surface area contributed by atoms with Crippen molar-refractivity contribution in [2.45, 2.75) is 19.3 Å². The summed E-state index contributed by atoms with van der Waals surface area (Å²) in [6.45, 7) is 1.40. The number of hydrogen-bond donors (Lipinski definition) is 1. The van der Waals surface area contributed by atoms with Crippen LogP contribution in [0.2, 0.25) is 0 Å². The Bertz CT molecular complexity index is 309. The Labute approximate surface area is 77.8 Å². The molecule has 1 atom stereocenters. The molecule has 0 spiro atoms. The molecule has 0 saturated heterocycles. The van der Waals surface area contributed by atoms with E-state index in [9.17, 15) is 13.6 Å². The Morgan fingerprint density at radius 2 is 2.00 bits per heavy atom. The van der Waals surface area contributed by atoms with E-state index in [1.807, 2.05) is 0 Å². The molecule has 5 heteroatoms. The highest BCUT2D eigenvalue weighted by Gasteiger charge is 2.22. The first kappa shape index (κ1) is 10.1. The topological polar surface area (TPSA) is 37.3 Å². The van der Waals surface area contributed by atoms with Gasteiger partial charge in [0.2, 0.25) is 0 Å². The van der Waals surface area contributed by atoms with Crippen molar-refractivity contribution in [3.8, 4) is 0 Å². The molecule has 0 bridgehead atoms. The first-order valence-corrected chi connectivity index (χ1v) is 4.55. The highest BCUT2D eigenvalue weighted by Crippen LogP contribution is 2.31. The molecule has 1 N–H and O–H groups in total. The van der Waals surface area contributed by atoms with Crippen molar-refractivity contribution in [1.29, 1.82) is 0 Å². The third kappa shape index (κ3) is 2.03. The van der Waals surface area contributed by atoms with Crippen molar-refractivity contribution in [3.63, 3.8) is 0 Å². The van der Waals surface area contributed by atoms with E-state index in [0.717, 1.165) is 11.3 Å². The molecule has 0 fully saturated rings. The monoisotopic (exact) mass is 206 g/mol. The van der Waals surface area contributed by atoms with Crippen molar-refractivity contribution in [2.24, 2.45) is 0 Å². The Morgan fingerprint density at radius 3 is 2.46 bits per heavy atom. The molecule has 0 amide bonds. The normalized spacial score (nSPS) is 13.2. The van der Waals surface area contributed by atoms with Gasteiger partial charge in [-0.05, 0) is 23.2 Å². The second-order valence-electron chi connectivity index (χ2n) is 2.64. The summed E-state index contributed by atoms with van der Waals surface area (Å²) < 4.78 is 24.6. The van der Waals surface area contributed by atoms with Crippen molar-refractivity contribution in [2.75, 3.05) is 0 Å². The van der Waals surface area contributed by atoms with Crippen LogP contribution in [0, 0.1) is 0 Å². The van der Waals surface area contributed by atoms with Gasteiger partial charge in [-0.3, -0.25) is 4.79 Å². The molecule has 1 heterocycles. The summed E-state index contributed by atoms with van der Waals surface area (Å²) in [5.41, 5.74) is 0.0485. The van der Waals surface area contributed by atoms with Crippen molar-refractivity contribution in [3.05, 3.63) is 21.9 Å². The smallest absolute Gasteiger partial charge is 0.310 e. The number of rotatable bonds is 3. The fraction of sp³-hybridized carbons (Fsp3) is 0.375. The van der Waals surface area contributed by atoms with Crippen LogP contribution in [0.15, 0.2) is 10.8 Å². The summed E-state index contributed by atoms with van der Waals surface area (Å²) in [5.74, 6) is -1.95. The van der Waals surface area contributed by atoms with Crippen LogP contribution in [0.4, 0.5) is 8.78 Å². The molecule has 1 unspecified atom stereocenters. The minimum Gasteiger partial charge on any atom is -0.481 e. The molecule has 13 heavy (non-hydrogen) atoms. The lowest BCUT2D eigenvalue weighted by molar-refractivity contribution is -0.138. The molecular weight excluding hydrogens is 198 g/mol. The van der Waals surface area contributed by atoms with Gasteiger partial charge in [0.1, 0.15) is 0 Å². The zero-order chi connectivity index (χ0) is 10.0. The fourth-order valence-corrected chi connectivity index (χ4v) is 1.92. The van der Waals surface area contributed by atoms with Gasteiger partial charge in [-0.2, -0.15) is 11.3 Å². The summed E-state index contributed by atoms with van der Waals surface area (Å²) >= 11 is 1.10. The van der Waals surface area contributed by atoms with Crippen LogP contribution < -0.4 is 0 Å². The molecule has 0 aliphatic heterocycles. The van der Waals surface area contributed by atoms with Crippen molar-refractivity contribution >= 4 is 17.3 Å². The highest BCUT2D eigenvalue weighted by atomic mass is 32.1. The number of aliphatic carboxylic acids is 1.